The van der Waals surface area contributed by atoms with Gasteiger partial charge in [0.1, 0.15) is 11.9 Å². The second-order valence-electron chi connectivity index (χ2n) is 2.73. The normalized spacial score (nSPS) is 10.9. The van der Waals surface area contributed by atoms with E-state index in [4.69, 9.17) is 9.73 Å². The third-order valence-corrected chi connectivity index (χ3v) is 1.78. The topological polar surface area (TPSA) is 58.6 Å². The molecule has 0 aliphatic rings. The summed E-state index contributed by atoms with van der Waals surface area (Å²) in [6.45, 7) is 0. The highest BCUT2D eigenvalue weighted by atomic mass is 16.5. The average Bonchev–Trinajstić information content (AvgIpc) is 2.68. The minimum atomic E-state index is 0.423. The van der Waals surface area contributed by atoms with Gasteiger partial charge >= 0.3 is 0 Å². The summed E-state index contributed by atoms with van der Waals surface area (Å²) in [6.07, 6.45) is 1.19. The Morgan fingerprint density at radius 1 is 1.29 bits per heavy atom. The van der Waals surface area contributed by atoms with Crippen LogP contribution in [0.25, 0.3) is 11.3 Å². The molecule has 0 atom stereocenters. The van der Waals surface area contributed by atoms with Crippen molar-refractivity contribution in [3.63, 3.8) is 0 Å². The highest BCUT2D eigenvalue weighted by molar-refractivity contribution is 5.77. The van der Waals surface area contributed by atoms with Gasteiger partial charge in [-0.1, -0.05) is 40.6 Å². The summed E-state index contributed by atoms with van der Waals surface area (Å²) in [4.78, 5) is 0. The maximum absolute atomic E-state index is 8.28. The van der Waals surface area contributed by atoms with Crippen LogP contribution in [0.3, 0.4) is 0 Å². The molecule has 0 bridgehead atoms. The van der Waals surface area contributed by atoms with E-state index >= 15 is 0 Å². The number of oxime groups is 1. The van der Waals surface area contributed by atoms with Crippen molar-refractivity contribution in [1.82, 2.24) is 5.16 Å². The molecule has 2 rings (SSSR count). The molecule has 70 valence electrons. The molecule has 0 fully saturated rings. The molecule has 0 aliphatic carbocycles. The molecule has 4 heteroatoms. The van der Waals surface area contributed by atoms with E-state index in [-0.39, 0.29) is 0 Å². The molecule has 0 amide bonds. The van der Waals surface area contributed by atoms with Crippen LogP contribution in [0.15, 0.2) is 46.1 Å². The van der Waals surface area contributed by atoms with Crippen LogP contribution in [-0.2, 0) is 0 Å². The first-order valence-corrected chi connectivity index (χ1v) is 4.10. The maximum Gasteiger partial charge on any atom is 0.181 e. The molecule has 0 unspecified atom stereocenters. The van der Waals surface area contributed by atoms with Gasteiger partial charge in [0.25, 0.3) is 0 Å². The van der Waals surface area contributed by atoms with Crippen molar-refractivity contribution in [2.75, 3.05) is 0 Å². The minimum Gasteiger partial charge on any atom is -0.411 e. The smallest absolute Gasteiger partial charge is 0.181 e. The fraction of sp³-hybridized carbons (Fsp3) is 0. The molecule has 0 radical (unpaired) electrons. The number of hydrogen-bond donors (Lipinski definition) is 1. The molecule has 0 saturated carbocycles. The first kappa shape index (κ1) is 8.50. The third-order valence-electron chi connectivity index (χ3n) is 1.78. The highest BCUT2D eigenvalue weighted by Gasteiger charge is 2.03. The number of benzene rings is 1. The van der Waals surface area contributed by atoms with Gasteiger partial charge in [-0.25, -0.2) is 0 Å². The standard InChI is InChI=1S/C10H8N2O2/c13-11-7-9-6-10(12-14-9)8-4-2-1-3-5-8/h1-7,13H. The Hall–Kier alpha value is -2.10. The summed E-state index contributed by atoms with van der Waals surface area (Å²) in [5, 5.41) is 15.0. The van der Waals surface area contributed by atoms with E-state index in [0.29, 0.717) is 5.76 Å². The number of hydrogen-bond acceptors (Lipinski definition) is 4. The molecule has 1 heterocycles. The molecule has 1 aromatic carbocycles. The summed E-state index contributed by atoms with van der Waals surface area (Å²) in [5.74, 6) is 0.423. The molecule has 0 aliphatic heterocycles. The molecule has 2 aromatic rings. The SMILES string of the molecule is ON=Cc1cc(-c2ccccc2)no1. The Bertz CT molecular complexity index is 434. The Morgan fingerprint density at radius 2 is 2.07 bits per heavy atom. The quantitative estimate of drug-likeness (QED) is 0.446. The Labute approximate surface area is 80.5 Å². The van der Waals surface area contributed by atoms with E-state index < -0.39 is 0 Å². The zero-order chi connectivity index (χ0) is 9.80. The van der Waals surface area contributed by atoms with Crippen molar-refractivity contribution < 1.29 is 9.73 Å². The predicted octanol–water partition coefficient (Wildman–Crippen LogP) is 2.15. The fourth-order valence-corrected chi connectivity index (χ4v) is 1.15. The van der Waals surface area contributed by atoms with E-state index in [1.54, 1.807) is 6.07 Å². The molecule has 14 heavy (non-hydrogen) atoms. The van der Waals surface area contributed by atoms with Crippen LogP contribution in [-0.4, -0.2) is 16.6 Å². The fourth-order valence-electron chi connectivity index (χ4n) is 1.15. The zero-order valence-electron chi connectivity index (χ0n) is 7.29. The lowest BCUT2D eigenvalue weighted by atomic mass is 10.1. The van der Waals surface area contributed by atoms with Crippen LogP contribution in [0.2, 0.25) is 0 Å². The van der Waals surface area contributed by atoms with Crippen LogP contribution in [0.1, 0.15) is 5.76 Å². The van der Waals surface area contributed by atoms with Crippen molar-refractivity contribution in [3.05, 3.63) is 42.2 Å². The lowest BCUT2D eigenvalue weighted by Gasteiger charge is -1.90. The lowest BCUT2D eigenvalue weighted by Crippen LogP contribution is -1.74. The zero-order valence-corrected chi connectivity index (χ0v) is 7.29. The van der Waals surface area contributed by atoms with Gasteiger partial charge < -0.3 is 9.73 Å². The summed E-state index contributed by atoms with van der Waals surface area (Å²) in [7, 11) is 0. The number of aromatic nitrogens is 1. The molecular weight excluding hydrogens is 180 g/mol. The van der Waals surface area contributed by atoms with Gasteiger partial charge in [0, 0.05) is 11.6 Å². The molecule has 0 spiro atoms. The van der Waals surface area contributed by atoms with Crippen molar-refractivity contribution in [3.8, 4) is 11.3 Å². The second kappa shape index (κ2) is 3.74. The second-order valence-corrected chi connectivity index (χ2v) is 2.73. The molecule has 1 aromatic heterocycles. The highest BCUT2D eigenvalue weighted by Crippen LogP contribution is 2.17. The minimum absolute atomic E-state index is 0.423. The first-order valence-electron chi connectivity index (χ1n) is 4.10. The van der Waals surface area contributed by atoms with E-state index in [1.165, 1.54) is 6.21 Å². The summed E-state index contributed by atoms with van der Waals surface area (Å²) in [5.41, 5.74) is 1.69. The Balaban J connectivity index is 2.34. The van der Waals surface area contributed by atoms with Crippen molar-refractivity contribution in [2.24, 2.45) is 5.16 Å². The van der Waals surface area contributed by atoms with Crippen molar-refractivity contribution in [2.45, 2.75) is 0 Å². The molecule has 4 nitrogen and oxygen atoms in total. The van der Waals surface area contributed by atoms with E-state index in [2.05, 4.69) is 10.3 Å². The van der Waals surface area contributed by atoms with Gasteiger partial charge in [-0.05, 0) is 0 Å². The van der Waals surface area contributed by atoms with Gasteiger partial charge in [-0.15, -0.1) is 0 Å². The molecular formula is C10H8N2O2. The van der Waals surface area contributed by atoms with Crippen LogP contribution in [0.4, 0.5) is 0 Å². The van der Waals surface area contributed by atoms with Gasteiger partial charge in [0.15, 0.2) is 5.76 Å². The molecule has 0 saturated heterocycles. The summed E-state index contributed by atoms with van der Waals surface area (Å²) in [6, 6.07) is 11.3. The van der Waals surface area contributed by atoms with E-state index in [0.717, 1.165) is 11.3 Å². The molecule has 1 N–H and O–H groups in total. The summed E-state index contributed by atoms with van der Waals surface area (Å²) >= 11 is 0. The van der Waals surface area contributed by atoms with Gasteiger partial charge in [-0.2, -0.15) is 0 Å². The lowest BCUT2D eigenvalue weighted by molar-refractivity contribution is 0.319. The Morgan fingerprint density at radius 3 is 2.79 bits per heavy atom. The van der Waals surface area contributed by atoms with Crippen molar-refractivity contribution >= 4 is 6.21 Å². The van der Waals surface area contributed by atoms with E-state index in [9.17, 15) is 0 Å². The monoisotopic (exact) mass is 188 g/mol. The maximum atomic E-state index is 8.28. The number of rotatable bonds is 2. The van der Waals surface area contributed by atoms with Gasteiger partial charge in [-0.3, -0.25) is 0 Å². The van der Waals surface area contributed by atoms with Crippen LogP contribution >= 0.6 is 0 Å². The largest absolute Gasteiger partial charge is 0.411 e. The number of nitrogens with zero attached hydrogens (tertiary/aromatic N) is 2. The van der Waals surface area contributed by atoms with Crippen LogP contribution in [0, 0.1) is 0 Å². The predicted molar refractivity (Wildman–Crippen MR) is 51.3 cm³/mol. The van der Waals surface area contributed by atoms with Crippen LogP contribution < -0.4 is 0 Å². The van der Waals surface area contributed by atoms with E-state index in [1.807, 2.05) is 30.3 Å². The third kappa shape index (κ3) is 1.64. The Kier molecular flexibility index (Phi) is 2.27. The van der Waals surface area contributed by atoms with Gasteiger partial charge in [0.05, 0.1) is 0 Å². The van der Waals surface area contributed by atoms with Crippen molar-refractivity contribution in [1.29, 1.82) is 0 Å². The average molecular weight is 188 g/mol. The summed E-state index contributed by atoms with van der Waals surface area (Å²) < 4.78 is 4.90. The van der Waals surface area contributed by atoms with Gasteiger partial charge in [0.2, 0.25) is 0 Å². The first-order chi connectivity index (χ1) is 6.90. The van der Waals surface area contributed by atoms with Crippen LogP contribution in [0.5, 0.6) is 0 Å².